The average Bonchev–Trinajstić information content (AvgIpc) is 3.56. The van der Waals surface area contributed by atoms with E-state index in [4.69, 9.17) is 19.1 Å². The molecule has 5 rings (SSSR count). The topological polar surface area (TPSA) is 66.1 Å². The van der Waals surface area contributed by atoms with Crippen LogP contribution in [0.4, 0.5) is 0 Å². The summed E-state index contributed by atoms with van der Waals surface area (Å²) in [5.41, 5.74) is 1.01. The Morgan fingerprint density at radius 3 is 2.84 bits per heavy atom. The molecule has 0 aliphatic carbocycles. The summed E-state index contributed by atoms with van der Waals surface area (Å²) in [5.74, 6) is 2.63. The summed E-state index contributed by atoms with van der Waals surface area (Å²) in [6.45, 7) is 9.30. The third-order valence-corrected chi connectivity index (χ3v) is 6.96. The van der Waals surface area contributed by atoms with E-state index in [2.05, 4.69) is 28.1 Å². The van der Waals surface area contributed by atoms with Crippen molar-refractivity contribution >= 4 is 51.5 Å². The number of rotatable bonds is 5. The minimum Gasteiger partial charge on any atom is -0.457 e. The molecule has 4 heterocycles. The van der Waals surface area contributed by atoms with Crippen LogP contribution in [0.5, 0.6) is 0 Å². The Morgan fingerprint density at radius 2 is 2.03 bits per heavy atom. The fraction of sp³-hybridized carbons (Fsp3) is 0.478. The molecule has 0 radical (unpaired) electrons. The number of hydrogen-bond donors (Lipinski definition) is 1. The molecular formula is C23H30IN5O2S. The standard InChI is InChI=1S/C23H29N5O2S.HI/c1-2-24-23(28-10-9-17(16-28)27-11-13-29-14-12-27)25-15-18-7-8-20(30-18)22-26-19-5-3-4-6-21(19)31-22;/h3-8,17H,2,9-16H2,1H3,(H,24,25);1H. The van der Waals surface area contributed by atoms with Gasteiger partial charge in [0.15, 0.2) is 16.7 Å². The number of thiazole rings is 1. The maximum Gasteiger partial charge on any atom is 0.194 e. The molecule has 1 N–H and O–H groups in total. The van der Waals surface area contributed by atoms with E-state index in [9.17, 15) is 0 Å². The normalized spacial score (nSPS) is 20.0. The van der Waals surface area contributed by atoms with Gasteiger partial charge in [-0.15, -0.1) is 35.3 Å². The molecule has 0 bridgehead atoms. The number of likely N-dealkylation sites (tertiary alicyclic amines) is 1. The first-order valence-electron chi connectivity index (χ1n) is 11.1. The second-order valence-electron chi connectivity index (χ2n) is 7.96. The summed E-state index contributed by atoms with van der Waals surface area (Å²) in [4.78, 5) is 14.5. The van der Waals surface area contributed by atoms with Gasteiger partial charge in [0.25, 0.3) is 0 Å². The third kappa shape index (κ3) is 5.27. The monoisotopic (exact) mass is 567 g/mol. The Hall–Kier alpha value is -1.69. The Morgan fingerprint density at radius 1 is 1.19 bits per heavy atom. The number of nitrogens with zero attached hydrogens (tertiary/aromatic N) is 4. The number of guanidine groups is 1. The maximum atomic E-state index is 6.08. The summed E-state index contributed by atoms with van der Waals surface area (Å²) in [5, 5.41) is 4.37. The number of para-hydroxylation sites is 1. The Kier molecular flexibility index (Phi) is 8.03. The van der Waals surface area contributed by atoms with Crippen LogP contribution in [0.15, 0.2) is 45.8 Å². The van der Waals surface area contributed by atoms with Crippen molar-refractivity contribution in [2.75, 3.05) is 45.9 Å². The molecule has 172 valence electrons. The van der Waals surface area contributed by atoms with Gasteiger partial charge in [-0.05, 0) is 37.6 Å². The summed E-state index contributed by atoms with van der Waals surface area (Å²) in [7, 11) is 0. The highest BCUT2D eigenvalue weighted by molar-refractivity contribution is 14.0. The van der Waals surface area contributed by atoms with E-state index in [1.165, 1.54) is 11.1 Å². The number of halogens is 1. The van der Waals surface area contributed by atoms with E-state index in [0.717, 1.165) is 73.9 Å². The molecule has 0 saturated carbocycles. The predicted octanol–water partition coefficient (Wildman–Crippen LogP) is 4.05. The lowest BCUT2D eigenvalue weighted by Gasteiger charge is -2.32. The largest absolute Gasteiger partial charge is 0.457 e. The van der Waals surface area contributed by atoms with Crippen molar-refractivity contribution in [3.05, 3.63) is 42.2 Å². The molecule has 2 fully saturated rings. The van der Waals surface area contributed by atoms with Crippen molar-refractivity contribution in [2.24, 2.45) is 4.99 Å². The summed E-state index contributed by atoms with van der Waals surface area (Å²) >= 11 is 1.66. The van der Waals surface area contributed by atoms with Gasteiger partial charge >= 0.3 is 0 Å². The summed E-state index contributed by atoms with van der Waals surface area (Å²) in [6.07, 6.45) is 1.17. The molecular weight excluding hydrogens is 537 g/mol. The van der Waals surface area contributed by atoms with Gasteiger partial charge in [-0.1, -0.05) is 12.1 Å². The van der Waals surface area contributed by atoms with Crippen LogP contribution < -0.4 is 5.32 Å². The second kappa shape index (κ2) is 11.0. The van der Waals surface area contributed by atoms with Crippen molar-refractivity contribution < 1.29 is 9.15 Å². The van der Waals surface area contributed by atoms with Crippen LogP contribution in [0.2, 0.25) is 0 Å². The first-order chi connectivity index (χ1) is 15.3. The van der Waals surface area contributed by atoms with Crippen molar-refractivity contribution in [2.45, 2.75) is 25.9 Å². The van der Waals surface area contributed by atoms with E-state index in [0.29, 0.717) is 12.6 Å². The van der Waals surface area contributed by atoms with Gasteiger partial charge < -0.3 is 19.4 Å². The van der Waals surface area contributed by atoms with Crippen LogP contribution in [-0.4, -0.2) is 72.7 Å². The zero-order valence-electron chi connectivity index (χ0n) is 18.3. The Bertz CT molecular complexity index is 1010. The minimum absolute atomic E-state index is 0. The van der Waals surface area contributed by atoms with E-state index < -0.39 is 0 Å². The first-order valence-corrected chi connectivity index (χ1v) is 11.9. The van der Waals surface area contributed by atoms with E-state index in [1.54, 1.807) is 11.3 Å². The molecule has 2 aromatic heterocycles. The molecule has 2 aliphatic heterocycles. The zero-order valence-corrected chi connectivity index (χ0v) is 21.5. The molecule has 0 amide bonds. The minimum atomic E-state index is 0. The van der Waals surface area contributed by atoms with Crippen LogP contribution in [-0.2, 0) is 11.3 Å². The number of morpholine rings is 1. The number of hydrogen-bond acceptors (Lipinski definition) is 6. The number of ether oxygens (including phenoxy) is 1. The second-order valence-corrected chi connectivity index (χ2v) is 8.99. The lowest BCUT2D eigenvalue weighted by molar-refractivity contribution is 0.0195. The molecule has 7 nitrogen and oxygen atoms in total. The van der Waals surface area contributed by atoms with Crippen LogP contribution in [0.3, 0.4) is 0 Å². The number of aliphatic imine (C=N–C) groups is 1. The van der Waals surface area contributed by atoms with Crippen molar-refractivity contribution in [3.63, 3.8) is 0 Å². The highest BCUT2D eigenvalue weighted by Gasteiger charge is 2.30. The predicted molar refractivity (Wildman–Crippen MR) is 140 cm³/mol. The molecule has 0 spiro atoms. The first kappa shape index (κ1) is 23.5. The van der Waals surface area contributed by atoms with Gasteiger partial charge in [-0.25, -0.2) is 9.98 Å². The third-order valence-electron chi connectivity index (χ3n) is 5.91. The average molecular weight is 567 g/mol. The van der Waals surface area contributed by atoms with E-state index in [1.807, 2.05) is 30.3 Å². The molecule has 2 aliphatic rings. The highest BCUT2D eigenvalue weighted by Crippen LogP contribution is 2.31. The van der Waals surface area contributed by atoms with Crippen molar-refractivity contribution in [1.29, 1.82) is 0 Å². The molecule has 32 heavy (non-hydrogen) atoms. The highest BCUT2D eigenvalue weighted by atomic mass is 127. The maximum absolute atomic E-state index is 6.08. The van der Waals surface area contributed by atoms with Crippen LogP contribution in [0.1, 0.15) is 19.1 Å². The number of furan rings is 1. The van der Waals surface area contributed by atoms with Crippen molar-refractivity contribution in [1.82, 2.24) is 20.1 Å². The van der Waals surface area contributed by atoms with E-state index >= 15 is 0 Å². The van der Waals surface area contributed by atoms with Crippen LogP contribution >= 0.6 is 35.3 Å². The van der Waals surface area contributed by atoms with Gasteiger partial charge in [0.2, 0.25) is 0 Å². The number of benzene rings is 1. The molecule has 3 aromatic rings. The number of aromatic nitrogens is 1. The molecule has 1 unspecified atom stereocenters. The fourth-order valence-corrected chi connectivity index (χ4v) is 5.24. The smallest absolute Gasteiger partial charge is 0.194 e. The van der Waals surface area contributed by atoms with Crippen molar-refractivity contribution in [3.8, 4) is 10.8 Å². The van der Waals surface area contributed by atoms with E-state index in [-0.39, 0.29) is 24.0 Å². The van der Waals surface area contributed by atoms with Crippen LogP contribution in [0.25, 0.3) is 21.0 Å². The lowest BCUT2D eigenvalue weighted by Crippen LogP contribution is -2.46. The van der Waals surface area contributed by atoms with Gasteiger partial charge in [-0.2, -0.15) is 0 Å². The van der Waals surface area contributed by atoms with Gasteiger partial charge in [-0.3, -0.25) is 4.90 Å². The lowest BCUT2D eigenvalue weighted by atomic mass is 10.2. The zero-order chi connectivity index (χ0) is 21.0. The van der Waals surface area contributed by atoms with Gasteiger partial charge in [0.05, 0.1) is 23.4 Å². The number of fused-ring (bicyclic) bond motifs is 1. The van der Waals surface area contributed by atoms with Crippen LogP contribution in [0, 0.1) is 0 Å². The molecule has 2 saturated heterocycles. The SMILES string of the molecule is CCNC(=NCc1ccc(-c2nc3ccccc3s2)o1)N1CCC(N2CCOCC2)C1.I. The Balaban J connectivity index is 0.00000245. The molecule has 1 atom stereocenters. The summed E-state index contributed by atoms with van der Waals surface area (Å²) < 4.78 is 12.8. The number of nitrogens with one attached hydrogen (secondary N) is 1. The quantitative estimate of drug-likeness (QED) is 0.285. The summed E-state index contributed by atoms with van der Waals surface area (Å²) in [6, 6.07) is 12.8. The molecule has 1 aromatic carbocycles. The van der Waals surface area contributed by atoms with Gasteiger partial charge in [0.1, 0.15) is 12.3 Å². The molecule has 9 heteroatoms. The van der Waals surface area contributed by atoms with Gasteiger partial charge in [0, 0.05) is 38.8 Å². The Labute approximate surface area is 209 Å². The fourth-order valence-electron chi connectivity index (χ4n) is 4.31.